The Kier molecular flexibility index (Phi) is 6.62. The van der Waals surface area contributed by atoms with Crippen molar-refractivity contribution in [3.8, 4) is 5.69 Å². The summed E-state index contributed by atoms with van der Waals surface area (Å²) in [4.78, 5) is 21.6. The van der Waals surface area contributed by atoms with Gasteiger partial charge in [-0.3, -0.25) is 9.36 Å². The maximum Gasteiger partial charge on any atom is 0.231 e. The van der Waals surface area contributed by atoms with Crippen LogP contribution in [0.1, 0.15) is 23.0 Å². The maximum atomic E-state index is 13.8. The van der Waals surface area contributed by atoms with Gasteiger partial charge >= 0.3 is 0 Å². The molecule has 9 heteroatoms. The first-order valence-corrected chi connectivity index (χ1v) is 11.2. The molecule has 1 N–H and O–H groups in total. The lowest BCUT2D eigenvalue weighted by Gasteiger charge is -2.19. The van der Waals surface area contributed by atoms with Gasteiger partial charge in [0.1, 0.15) is 17.7 Å². The first kappa shape index (κ1) is 22.1. The molecule has 4 aromatic rings. The van der Waals surface area contributed by atoms with E-state index in [9.17, 15) is 9.18 Å². The van der Waals surface area contributed by atoms with Gasteiger partial charge in [0.15, 0.2) is 5.16 Å². The molecule has 0 saturated heterocycles. The van der Waals surface area contributed by atoms with Gasteiger partial charge in [-0.1, -0.05) is 41.6 Å². The summed E-state index contributed by atoms with van der Waals surface area (Å²) in [6.07, 6.45) is 6.95. The highest BCUT2D eigenvalue weighted by Crippen LogP contribution is 2.27. The number of nitrogens with zero attached hydrogens (tertiary/aromatic N) is 4. The van der Waals surface area contributed by atoms with E-state index in [2.05, 4.69) is 15.3 Å². The molecule has 0 unspecified atom stereocenters. The molecule has 1 atom stereocenters. The summed E-state index contributed by atoms with van der Waals surface area (Å²) in [7, 11) is 1.83. The van der Waals surface area contributed by atoms with Crippen molar-refractivity contribution in [1.29, 1.82) is 0 Å². The lowest BCUT2D eigenvalue weighted by Crippen LogP contribution is -2.32. The van der Waals surface area contributed by atoms with Crippen molar-refractivity contribution in [2.45, 2.75) is 18.1 Å². The zero-order valence-corrected chi connectivity index (χ0v) is 19.1. The summed E-state index contributed by atoms with van der Waals surface area (Å²) < 4.78 is 17.6. The SMILES string of the molecule is Cc1c(Cl)cccc1-n1ccnc1SCC(=O)N[C@H](c1cccc(F)c1)c1nccn1C. The van der Waals surface area contributed by atoms with Gasteiger partial charge in [-0.2, -0.15) is 0 Å². The van der Waals surface area contributed by atoms with Gasteiger partial charge in [0.25, 0.3) is 0 Å². The summed E-state index contributed by atoms with van der Waals surface area (Å²) in [5, 5.41) is 4.31. The molecule has 0 aliphatic rings. The Hall–Kier alpha value is -3.10. The highest BCUT2D eigenvalue weighted by atomic mass is 35.5. The number of rotatable bonds is 7. The maximum absolute atomic E-state index is 13.8. The number of aromatic nitrogens is 4. The number of benzene rings is 2. The van der Waals surface area contributed by atoms with Crippen LogP contribution in [0.3, 0.4) is 0 Å². The molecule has 0 aliphatic carbocycles. The number of hydrogen-bond donors (Lipinski definition) is 1. The Labute approximate surface area is 194 Å². The van der Waals surface area contributed by atoms with Crippen molar-refractivity contribution < 1.29 is 9.18 Å². The minimum absolute atomic E-state index is 0.132. The molecule has 0 radical (unpaired) electrons. The second kappa shape index (κ2) is 9.58. The second-order valence-electron chi connectivity index (χ2n) is 7.20. The van der Waals surface area contributed by atoms with Crippen molar-refractivity contribution >= 4 is 29.3 Å². The number of aryl methyl sites for hydroxylation is 1. The molecule has 0 fully saturated rings. The number of carbonyl (C=O) groups excluding carboxylic acids is 1. The molecule has 2 aromatic heterocycles. The average molecular weight is 470 g/mol. The summed E-state index contributed by atoms with van der Waals surface area (Å²) in [5.41, 5.74) is 2.46. The molecule has 2 aromatic carbocycles. The van der Waals surface area contributed by atoms with Gasteiger partial charge in [0.05, 0.1) is 11.4 Å². The average Bonchev–Trinajstić information content (AvgIpc) is 3.41. The molecule has 0 aliphatic heterocycles. The van der Waals surface area contributed by atoms with Crippen LogP contribution in [0.25, 0.3) is 5.69 Å². The van der Waals surface area contributed by atoms with Gasteiger partial charge < -0.3 is 9.88 Å². The molecule has 0 spiro atoms. The number of halogens is 2. The van der Waals surface area contributed by atoms with Crippen molar-refractivity contribution in [2.24, 2.45) is 7.05 Å². The fourth-order valence-corrected chi connectivity index (χ4v) is 4.35. The third-order valence-electron chi connectivity index (χ3n) is 5.04. The first-order valence-electron chi connectivity index (χ1n) is 9.87. The predicted molar refractivity (Wildman–Crippen MR) is 124 cm³/mol. The standard InChI is InChI=1S/C23H21ClFN5OS/c1-15-18(24)7-4-8-19(15)30-12-10-27-23(30)32-14-20(31)28-21(22-26-9-11-29(22)2)16-5-3-6-17(25)13-16/h3-13,21H,14H2,1-2H3,(H,28,31)/t21-/m1/s1. The molecule has 0 bridgehead atoms. The van der Waals surface area contributed by atoms with Crippen molar-refractivity contribution in [3.63, 3.8) is 0 Å². The quantitative estimate of drug-likeness (QED) is 0.398. The summed E-state index contributed by atoms with van der Waals surface area (Å²) in [6.45, 7) is 1.94. The van der Waals surface area contributed by atoms with Crippen LogP contribution < -0.4 is 5.32 Å². The Morgan fingerprint density at radius 2 is 1.97 bits per heavy atom. The van der Waals surface area contributed by atoms with Gasteiger partial charge in [-0.15, -0.1) is 0 Å². The predicted octanol–water partition coefficient (Wildman–Crippen LogP) is 4.70. The molecule has 0 saturated carbocycles. The lowest BCUT2D eigenvalue weighted by molar-refractivity contribution is -0.119. The number of thioether (sulfide) groups is 1. The van der Waals surface area contributed by atoms with Crippen LogP contribution in [0, 0.1) is 12.7 Å². The lowest BCUT2D eigenvalue weighted by atomic mass is 10.1. The topological polar surface area (TPSA) is 64.7 Å². The monoisotopic (exact) mass is 469 g/mol. The number of amides is 1. The fourth-order valence-electron chi connectivity index (χ4n) is 3.41. The molecule has 1 amide bonds. The van der Waals surface area contributed by atoms with E-state index in [1.54, 1.807) is 35.3 Å². The van der Waals surface area contributed by atoms with Crippen LogP contribution in [-0.2, 0) is 11.8 Å². The minimum atomic E-state index is -0.575. The highest BCUT2D eigenvalue weighted by molar-refractivity contribution is 7.99. The van der Waals surface area contributed by atoms with Crippen molar-refractivity contribution in [2.75, 3.05) is 5.75 Å². The van der Waals surface area contributed by atoms with E-state index in [4.69, 9.17) is 11.6 Å². The van der Waals surface area contributed by atoms with E-state index in [-0.39, 0.29) is 17.5 Å². The van der Waals surface area contributed by atoms with Crippen LogP contribution in [0.2, 0.25) is 5.02 Å². The third kappa shape index (κ3) is 4.71. The molecule has 6 nitrogen and oxygen atoms in total. The van der Waals surface area contributed by atoms with E-state index in [1.165, 1.54) is 23.9 Å². The first-order chi connectivity index (χ1) is 15.4. The van der Waals surface area contributed by atoms with Gasteiger partial charge in [-0.25, -0.2) is 14.4 Å². The van der Waals surface area contributed by atoms with E-state index in [0.29, 0.717) is 21.6 Å². The van der Waals surface area contributed by atoms with E-state index in [1.807, 2.05) is 42.9 Å². The Balaban J connectivity index is 1.51. The summed E-state index contributed by atoms with van der Waals surface area (Å²) >= 11 is 7.57. The second-order valence-corrected chi connectivity index (χ2v) is 8.55. The molecule has 4 rings (SSSR count). The van der Waals surface area contributed by atoms with Gasteiger partial charge in [0.2, 0.25) is 5.91 Å². The Morgan fingerprint density at radius 3 is 2.72 bits per heavy atom. The Bertz CT molecular complexity index is 1250. The van der Waals surface area contributed by atoms with E-state index < -0.39 is 6.04 Å². The number of nitrogens with one attached hydrogen (secondary N) is 1. The van der Waals surface area contributed by atoms with Crippen LogP contribution in [0.4, 0.5) is 4.39 Å². The van der Waals surface area contributed by atoms with Crippen LogP contribution in [0.15, 0.2) is 72.4 Å². The molecular weight excluding hydrogens is 449 g/mol. The van der Waals surface area contributed by atoms with Crippen molar-refractivity contribution in [1.82, 2.24) is 24.4 Å². The fraction of sp³-hybridized carbons (Fsp3) is 0.174. The largest absolute Gasteiger partial charge is 0.341 e. The van der Waals surface area contributed by atoms with Crippen LogP contribution >= 0.6 is 23.4 Å². The summed E-state index contributed by atoms with van der Waals surface area (Å²) in [5.74, 6) is 0.159. The van der Waals surface area contributed by atoms with E-state index >= 15 is 0 Å². The number of imidazole rings is 2. The number of carbonyl (C=O) groups is 1. The third-order valence-corrected chi connectivity index (χ3v) is 6.42. The highest BCUT2D eigenvalue weighted by Gasteiger charge is 2.22. The summed E-state index contributed by atoms with van der Waals surface area (Å²) in [6, 6.07) is 11.2. The van der Waals surface area contributed by atoms with Gasteiger partial charge in [-0.05, 0) is 42.3 Å². The minimum Gasteiger partial charge on any atom is -0.341 e. The molecular formula is C23H21ClFN5OS. The smallest absolute Gasteiger partial charge is 0.231 e. The molecule has 32 heavy (non-hydrogen) atoms. The zero-order chi connectivity index (χ0) is 22.7. The zero-order valence-electron chi connectivity index (χ0n) is 17.5. The normalized spacial score (nSPS) is 12.0. The Morgan fingerprint density at radius 1 is 1.19 bits per heavy atom. The number of hydrogen-bond acceptors (Lipinski definition) is 4. The molecule has 2 heterocycles. The molecule has 164 valence electrons. The van der Waals surface area contributed by atoms with Crippen LogP contribution in [-0.4, -0.2) is 30.8 Å². The van der Waals surface area contributed by atoms with E-state index in [0.717, 1.165) is 11.3 Å². The van der Waals surface area contributed by atoms with Crippen molar-refractivity contribution in [3.05, 3.63) is 95.0 Å². The van der Waals surface area contributed by atoms with Gasteiger partial charge in [0, 0.05) is 36.9 Å². The van der Waals surface area contributed by atoms with Crippen LogP contribution in [0.5, 0.6) is 0 Å².